The summed E-state index contributed by atoms with van der Waals surface area (Å²) in [6.07, 6.45) is 11.5. The van der Waals surface area contributed by atoms with Gasteiger partial charge in [0.25, 0.3) is 0 Å². The van der Waals surface area contributed by atoms with Crippen molar-refractivity contribution in [2.75, 3.05) is 0 Å². The Kier molecular flexibility index (Phi) is 6.12. The zero-order valence-electron chi connectivity index (χ0n) is 22.7. The molecule has 3 aromatic carbocycles. The number of carboxylic acid groups (broad SMARTS) is 1. The Morgan fingerprint density at radius 3 is 2.66 bits per heavy atom. The highest BCUT2D eigenvalue weighted by molar-refractivity contribution is 6.09. The first-order valence-corrected chi connectivity index (χ1v) is 13.8. The van der Waals surface area contributed by atoms with E-state index in [1.54, 1.807) is 0 Å². The molecule has 0 saturated carbocycles. The van der Waals surface area contributed by atoms with E-state index in [2.05, 4.69) is 49.8 Å². The highest BCUT2D eigenvalue weighted by Gasteiger charge is 2.23. The molecule has 0 atom stereocenters. The van der Waals surface area contributed by atoms with E-state index in [0.717, 1.165) is 36.2 Å². The van der Waals surface area contributed by atoms with Crippen LogP contribution >= 0.6 is 0 Å². The van der Waals surface area contributed by atoms with Crippen molar-refractivity contribution >= 4 is 33.3 Å². The number of fused-ring (bicyclic) bond motifs is 3. The summed E-state index contributed by atoms with van der Waals surface area (Å²) in [6.45, 7) is 3.94. The molecule has 7 nitrogen and oxygen atoms in total. The zero-order valence-corrected chi connectivity index (χ0v) is 22.7. The molecule has 0 radical (unpaired) electrons. The molecule has 7 aromatic rings. The van der Waals surface area contributed by atoms with Crippen LogP contribution in [0.1, 0.15) is 33.6 Å². The number of aryl methyl sites for hydroxylation is 3. The minimum absolute atomic E-state index is 0.283. The topological polar surface area (TPSA) is 77.3 Å². The second-order valence-electron chi connectivity index (χ2n) is 10.5. The van der Waals surface area contributed by atoms with Crippen LogP contribution in [-0.2, 0) is 19.5 Å². The van der Waals surface area contributed by atoms with Crippen LogP contribution < -0.4 is 0 Å². The molecule has 7 rings (SSSR count). The van der Waals surface area contributed by atoms with Crippen LogP contribution in [0.3, 0.4) is 0 Å². The van der Waals surface area contributed by atoms with Crippen LogP contribution in [0, 0.1) is 6.92 Å². The molecule has 0 aliphatic carbocycles. The SMILES string of the molecule is Cc1cccc2c1c(Cc1c(-c3ccc4ccccc4c3C(=O)O)nc3ccccn13)cn2CCCn1ccnc1. The number of carboxylic acids is 1. The predicted molar refractivity (Wildman–Crippen MR) is 161 cm³/mol. The molecule has 0 bridgehead atoms. The van der Waals surface area contributed by atoms with Gasteiger partial charge in [-0.2, -0.15) is 0 Å². The number of imidazole rings is 2. The molecule has 0 fully saturated rings. The van der Waals surface area contributed by atoms with Gasteiger partial charge in [0, 0.05) is 60.8 Å². The maximum Gasteiger partial charge on any atom is 0.337 e. The highest BCUT2D eigenvalue weighted by atomic mass is 16.4. The minimum atomic E-state index is -0.954. The molecule has 4 heterocycles. The fraction of sp³-hybridized carbons (Fsp3) is 0.147. The number of aromatic nitrogens is 5. The van der Waals surface area contributed by atoms with Gasteiger partial charge in [-0.25, -0.2) is 14.8 Å². The standard InChI is InChI=1S/C34H29N5O2/c1-23-8-6-11-28-31(23)25(21-38(28)17-7-16-37-19-15-35-22-37)20-29-33(36-30-12-4-5-18-39(29)30)27-14-13-24-9-2-3-10-26(24)32(27)34(40)41/h2-6,8-15,18-19,21-22H,7,16-17,20H2,1H3,(H,40,41). The van der Waals surface area contributed by atoms with Gasteiger partial charge < -0.3 is 18.6 Å². The van der Waals surface area contributed by atoms with Gasteiger partial charge in [0.1, 0.15) is 5.65 Å². The van der Waals surface area contributed by atoms with Gasteiger partial charge in [-0.15, -0.1) is 0 Å². The van der Waals surface area contributed by atoms with E-state index < -0.39 is 5.97 Å². The van der Waals surface area contributed by atoms with Crippen molar-refractivity contribution < 1.29 is 9.90 Å². The van der Waals surface area contributed by atoms with Crippen molar-refractivity contribution in [3.8, 4) is 11.3 Å². The normalized spacial score (nSPS) is 11.6. The van der Waals surface area contributed by atoms with Crippen LogP contribution in [0.25, 0.3) is 38.6 Å². The largest absolute Gasteiger partial charge is 0.478 e. The Morgan fingerprint density at radius 1 is 0.927 bits per heavy atom. The van der Waals surface area contributed by atoms with Gasteiger partial charge >= 0.3 is 5.97 Å². The maximum absolute atomic E-state index is 12.7. The van der Waals surface area contributed by atoms with E-state index in [4.69, 9.17) is 4.98 Å². The molecule has 1 N–H and O–H groups in total. The summed E-state index contributed by atoms with van der Waals surface area (Å²) < 4.78 is 6.54. The summed E-state index contributed by atoms with van der Waals surface area (Å²) in [5, 5.41) is 13.2. The van der Waals surface area contributed by atoms with E-state index in [1.807, 2.05) is 79.5 Å². The van der Waals surface area contributed by atoms with Gasteiger partial charge in [-0.1, -0.05) is 54.6 Å². The summed E-state index contributed by atoms with van der Waals surface area (Å²) >= 11 is 0. The molecule has 0 amide bonds. The van der Waals surface area contributed by atoms with Crippen LogP contribution in [0.4, 0.5) is 0 Å². The van der Waals surface area contributed by atoms with Crippen LogP contribution in [0.5, 0.6) is 0 Å². The Hall–Kier alpha value is -5.17. The van der Waals surface area contributed by atoms with Crippen molar-refractivity contribution in [3.05, 3.63) is 126 Å². The first kappa shape index (κ1) is 24.8. The quantitative estimate of drug-likeness (QED) is 0.226. The predicted octanol–water partition coefficient (Wildman–Crippen LogP) is 6.99. The summed E-state index contributed by atoms with van der Waals surface area (Å²) in [7, 11) is 0. The van der Waals surface area contributed by atoms with Gasteiger partial charge in [0.05, 0.1) is 23.3 Å². The molecular formula is C34H29N5O2. The summed E-state index contributed by atoms with van der Waals surface area (Å²) in [5.74, 6) is -0.954. The molecule has 0 aliphatic rings. The molecule has 202 valence electrons. The van der Waals surface area contributed by atoms with E-state index in [0.29, 0.717) is 23.1 Å². The number of pyridine rings is 1. The molecule has 0 saturated heterocycles. The minimum Gasteiger partial charge on any atom is -0.478 e. The van der Waals surface area contributed by atoms with E-state index >= 15 is 0 Å². The molecule has 4 aromatic heterocycles. The molecular weight excluding hydrogens is 510 g/mol. The lowest BCUT2D eigenvalue weighted by Crippen LogP contribution is -2.04. The van der Waals surface area contributed by atoms with E-state index in [9.17, 15) is 9.90 Å². The monoisotopic (exact) mass is 539 g/mol. The van der Waals surface area contributed by atoms with Crippen molar-refractivity contribution in [1.29, 1.82) is 0 Å². The second-order valence-corrected chi connectivity index (χ2v) is 10.5. The van der Waals surface area contributed by atoms with Crippen LogP contribution in [-0.4, -0.2) is 34.6 Å². The number of aromatic carboxylic acids is 1. The van der Waals surface area contributed by atoms with Gasteiger partial charge in [-0.3, -0.25) is 0 Å². The number of benzene rings is 3. The summed E-state index contributed by atoms with van der Waals surface area (Å²) in [4.78, 5) is 21.8. The third kappa shape index (κ3) is 4.36. The summed E-state index contributed by atoms with van der Waals surface area (Å²) in [5.41, 5.74) is 7.01. The van der Waals surface area contributed by atoms with Gasteiger partial charge in [0.15, 0.2) is 0 Å². The molecule has 0 spiro atoms. The fourth-order valence-electron chi connectivity index (χ4n) is 6.10. The molecule has 0 unspecified atom stereocenters. The third-order valence-electron chi connectivity index (χ3n) is 7.95. The van der Waals surface area contributed by atoms with Crippen molar-refractivity contribution in [1.82, 2.24) is 23.5 Å². The third-order valence-corrected chi connectivity index (χ3v) is 7.95. The van der Waals surface area contributed by atoms with Gasteiger partial charge in [-0.05, 0) is 53.4 Å². The van der Waals surface area contributed by atoms with Crippen molar-refractivity contribution in [2.24, 2.45) is 0 Å². The smallest absolute Gasteiger partial charge is 0.337 e. The Bertz CT molecular complexity index is 2050. The first-order chi connectivity index (χ1) is 20.1. The number of hydrogen-bond acceptors (Lipinski definition) is 3. The highest BCUT2D eigenvalue weighted by Crippen LogP contribution is 2.35. The Balaban J connectivity index is 1.37. The lowest BCUT2D eigenvalue weighted by molar-refractivity contribution is 0.0700. The maximum atomic E-state index is 12.7. The molecule has 7 heteroatoms. The van der Waals surface area contributed by atoms with Crippen LogP contribution in [0.2, 0.25) is 0 Å². The molecule has 0 aliphatic heterocycles. The number of rotatable bonds is 8. The van der Waals surface area contributed by atoms with E-state index in [-0.39, 0.29) is 5.56 Å². The first-order valence-electron chi connectivity index (χ1n) is 13.8. The van der Waals surface area contributed by atoms with Gasteiger partial charge in [0.2, 0.25) is 0 Å². The van der Waals surface area contributed by atoms with E-state index in [1.165, 1.54) is 22.0 Å². The van der Waals surface area contributed by atoms with Crippen molar-refractivity contribution in [2.45, 2.75) is 32.9 Å². The van der Waals surface area contributed by atoms with Crippen molar-refractivity contribution in [3.63, 3.8) is 0 Å². The Labute approximate surface area is 237 Å². The van der Waals surface area contributed by atoms with Crippen LogP contribution in [0.15, 0.2) is 104 Å². The lowest BCUT2D eigenvalue weighted by Gasteiger charge is -2.11. The lowest BCUT2D eigenvalue weighted by atomic mass is 9.94. The summed E-state index contributed by atoms with van der Waals surface area (Å²) in [6, 6.07) is 23.9. The second kappa shape index (κ2) is 10.1. The average molecular weight is 540 g/mol. The zero-order chi connectivity index (χ0) is 27.9. The number of hydrogen-bond donors (Lipinski definition) is 1. The number of nitrogens with zero attached hydrogens (tertiary/aromatic N) is 5. The Morgan fingerprint density at radius 2 is 1.80 bits per heavy atom. The fourth-order valence-corrected chi connectivity index (χ4v) is 6.10. The average Bonchev–Trinajstić information content (AvgIpc) is 3.72. The number of carbonyl (C=O) groups is 1. The molecule has 41 heavy (non-hydrogen) atoms.